The summed E-state index contributed by atoms with van der Waals surface area (Å²) < 4.78 is 4.50. The van der Waals surface area contributed by atoms with Gasteiger partial charge in [-0.3, -0.25) is 4.79 Å². The van der Waals surface area contributed by atoms with E-state index in [4.69, 9.17) is 11.6 Å². The zero-order chi connectivity index (χ0) is 11.3. The number of esters is 1. The van der Waals surface area contributed by atoms with Crippen LogP contribution >= 0.6 is 11.6 Å². The van der Waals surface area contributed by atoms with Gasteiger partial charge in [0.15, 0.2) is 0 Å². The normalized spacial score (nSPS) is 11.9. The van der Waals surface area contributed by atoms with Gasteiger partial charge >= 0.3 is 5.97 Å². The van der Waals surface area contributed by atoms with Crippen LogP contribution in [0.1, 0.15) is 5.56 Å². The van der Waals surface area contributed by atoms with Crippen LogP contribution in [0.5, 0.6) is 0 Å². The van der Waals surface area contributed by atoms with Crippen molar-refractivity contribution in [2.45, 2.75) is 6.42 Å². The number of benzene rings is 1. The van der Waals surface area contributed by atoms with E-state index in [9.17, 15) is 9.59 Å². The van der Waals surface area contributed by atoms with Gasteiger partial charge in [-0.15, -0.1) is 0 Å². The molecular weight excluding hydrogens is 216 g/mol. The Kier molecular flexibility index (Phi) is 4.31. The number of aldehydes is 1. The standard InChI is InChI=1S/C11H11ClO3/c1-15-11(14)9(7-13)6-8-2-4-10(12)5-3-8/h2-5,7,9H,6H2,1H3. The molecule has 0 saturated heterocycles. The van der Waals surface area contributed by atoms with Crippen molar-refractivity contribution >= 4 is 23.9 Å². The molecule has 0 aromatic heterocycles. The van der Waals surface area contributed by atoms with Crippen LogP contribution in [0.15, 0.2) is 24.3 Å². The summed E-state index contributed by atoms with van der Waals surface area (Å²) in [6, 6.07) is 7.00. The van der Waals surface area contributed by atoms with Crippen LogP contribution < -0.4 is 0 Å². The fourth-order valence-corrected chi connectivity index (χ4v) is 1.34. The van der Waals surface area contributed by atoms with E-state index in [1.54, 1.807) is 24.3 Å². The maximum Gasteiger partial charge on any atom is 0.316 e. The molecule has 0 aliphatic carbocycles. The second-order valence-electron chi connectivity index (χ2n) is 3.10. The van der Waals surface area contributed by atoms with E-state index >= 15 is 0 Å². The largest absolute Gasteiger partial charge is 0.468 e. The fraction of sp³-hybridized carbons (Fsp3) is 0.273. The highest BCUT2D eigenvalue weighted by molar-refractivity contribution is 6.30. The molecular formula is C11H11ClO3. The monoisotopic (exact) mass is 226 g/mol. The lowest BCUT2D eigenvalue weighted by Crippen LogP contribution is -2.19. The number of methoxy groups -OCH3 is 1. The van der Waals surface area contributed by atoms with Gasteiger partial charge in [-0.2, -0.15) is 0 Å². The minimum Gasteiger partial charge on any atom is -0.468 e. The van der Waals surface area contributed by atoms with Crippen molar-refractivity contribution in [2.75, 3.05) is 7.11 Å². The van der Waals surface area contributed by atoms with Crippen molar-refractivity contribution < 1.29 is 14.3 Å². The van der Waals surface area contributed by atoms with Gasteiger partial charge in [0.1, 0.15) is 12.2 Å². The molecule has 1 rings (SSSR count). The highest BCUT2D eigenvalue weighted by Gasteiger charge is 2.18. The first-order valence-electron chi connectivity index (χ1n) is 4.45. The van der Waals surface area contributed by atoms with Crippen LogP contribution in [-0.4, -0.2) is 19.4 Å². The van der Waals surface area contributed by atoms with Gasteiger partial charge in [0.25, 0.3) is 0 Å². The van der Waals surface area contributed by atoms with E-state index in [0.717, 1.165) is 5.56 Å². The third kappa shape index (κ3) is 3.36. The SMILES string of the molecule is COC(=O)C(C=O)Cc1ccc(Cl)cc1. The predicted molar refractivity (Wildman–Crippen MR) is 56.7 cm³/mol. The van der Waals surface area contributed by atoms with Crippen molar-refractivity contribution in [3.05, 3.63) is 34.9 Å². The van der Waals surface area contributed by atoms with E-state index in [-0.39, 0.29) is 0 Å². The van der Waals surface area contributed by atoms with Crippen molar-refractivity contribution in [1.82, 2.24) is 0 Å². The third-order valence-electron chi connectivity index (χ3n) is 2.04. The Bertz CT molecular complexity index is 345. The first-order valence-corrected chi connectivity index (χ1v) is 4.82. The Labute approximate surface area is 93.0 Å². The topological polar surface area (TPSA) is 43.4 Å². The number of halogens is 1. The molecule has 0 N–H and O–H groups in total. The summed E-state index contributed by atoms with van der Waals surface area (Å²) in [7, 11) is 1.26. The molecule has 0 radical (unpaired) electrons. The minimum absolute atomic E-state index is 0.341. The van der Waals surface area contributed by atoms with Gasteiger partial charge in [0, 0.05) is 5.02 Å². The number of hydrogen-bond donors (Lipinski definition) is 0. The molecule has 0 fully saturated rings. The van der Waals surface area contributed by atoms with E-state index < -0.39 is 11.9 Å². The molecule has 0 heterocycles. The van der Waals surface area contributed by atoms with Crippen LogP contribution in [0.2, 0.25) is 5.02 Å². The second-order valence-corrected chi connectivity index (χ2v) is 3.53. The third-order valence-corrected chi connectivity index (χ3v) is 2.29. The maximum absolute atomic E-state index is 11.1. The molecule has 3 nitrogen and oxygen atoms in total. The Hall–Kier alpha value is -1.35. The molecule has 0 aliphatic rings. The highest BCUT2D eigenvalue weighted by Crippen LogP contribution is 2.13. The first kappa shape index (κ1) is 11.7. The lowest BCUT2D eigenvalue weighted by atomic mass is 10.0. The number of hydrogen-bond acceptors (Lipinski definition) is 3. The maximum atomic E-state index is 11.1. The van der Waals surface area contributed by atoms with Gasteiger partial charge in [0.05, 0.1) is 7.11 Å². The molecule has 1 aromatic carbocycles. The lowest BCUT2D eigenvalue weighted by Gasteiger charge is -2.07. The number of carbonyl (C=O) groups is 2. The van der Waals surface area contributed by atoms with Crippen molar-refractivity contribution in [2.24, 2.45) is 5.92 Å². The number of carbonyl (C=O) groups excluding carboxylic acids is 2. The summed E-state index contributed by atoms with van der Waals surface area (Å²) in [5.41, 5.74) is 0.877. The molecule has 80 valence electrons. The summed E-state index contributed by atoms with van der Waals surface area (Å²) in [6.07, 6.45) is 0.938. The van der Waals surface area contributed by atoms with Gasteiger partial charge < -0.3 is 9.53 Å². The summed E-state index contributed by atoms with van der Waals surface area (Å²) >= 11 is 5.71. The molecule has 0 amide bonds. The van der Waals surface area contributed by atoms with Gasteiger partial charge in [-0.05, 0) is 24.1 Å². The average Bonchev–Trinajstić information content (AvgIpc) is 2.27. The van der Waals surface area contributed by atoms with Crippen molar-refractivity contribution in [3.8, 4) is 0 Å². The van der Waals surface area contributed by atoms with Crippen LogP contribution in [0.25, 0.3) is 0 Å². The summed E-state index contributed by atoms with van der Waals surface area (Å²) in [4.78, 5) is 21.8. The molecule has 1 atom stereocenters. The average molecular weight is 227 g/mol. The minimum atomic E-state index is -0.740. The molecule has 0 aliphatic heterocycles. The Morgan fingerprint density at radius 2 is 2.07 bits per heavy atom. The number of rotatable bonds is 4. The van der Waals surface area contributed by atoms with Gasteiger partial charge in [-0.25, -0.2) is 0 Å². The Morgan fingerprint density at radius 3 is 2.53 bits per heavy atom. The summed E-state index contributed by atoms with van der Waals surface area (Å²) in [6.45, 7) is 0. The molecule has 1 unspecified atom stereocenters. The molecule has 4 heteroatoms. The summed E-state index contributed by atoms with van der Waals surface area (Å²) in [5, 5.41) is 0.625. The highest BCUT2D eigenvalue weighted by atomic mass is 35.5. The Balaban J connectivity index is 2.71. The quantitative estimate of drug-likeness (QED) is 0.447. The van der Waals surface area contributed by atoms with E-state index in [2.05, 4.69) is 4.74 Å². The smallest absolute Gasteiger partial charge is 0.316 e. The second kappa shape index (κ2) is 5.51. The van der Waals surface area contributed by atoms with Gasteiger partial charge in [-0.1, -0.05) is 23.7 Å². The lowest BCUT2D eigenvalue weighted by molar-refractivity contribution is -0.146. The van der Waals surface area contributed by atoms with E-state index in [0.29, 0.717) is 17.7 Å². The summed E-state index contributed by atoms with van der Waals surface area (Å²) in [5.74, 6) is -1.25. The first-order chi connectivity index (χ1) is 7.17. The van der Waals surface area contributed by atoms with E-state index in [1.807, 2.05) is 0 Å². The van der Waals surface area contributed by atoms with Crippen LogP contribution in [0.4, 0.5) is 0 Å². The Morgan fingerprint density at radius 1 is 1.47 bits per heavy atom. The van der Waals surface area contributed by atoms with E-state index in [1.165, 1.54) is 7.11 Å². The molecule has 0 saturated carbocycles. The molecule has 0 bridgehead atoms. The zero-order valence-electron chi connectivity index (χ0n) is 8.27. The fourth-order valence-electron chi connectivity index (χ4n) is 1.21. The van der Waals surface area contributed by atoms with Crippen molar-refractivity contribution in [1.29, 1.82) is 0 Å². The van der Waals surface area contributed by atoms with Gasteiger partial charge in [0.2, 0.25) is 0 Å². The van der Waals surface area contributed by atoms with Crippen molar-refractivity contribution in [3.63, 3.8) is 0 Å². The molecule has 15 heavy (non-hydrogen) atoms. The molecule has 1 aromatic rings. The number of ether oxygens (including phenoxy) is 1. The molecule has 0 spiro atoms. The van der Waals surface area contributed by atoms with Crippen LogP contribution in [0.3, 0.4) is 0 Å². The predicted octanol–water partition coefficient (Wildman–Crippen LogP) is 1.87. The van der Waals surface area contributed by atoms with Crippen LogP contribution in [-0.2, 0) is 20.7 Å². The zero-order valence-corrected chi connectivity index (χ0v) is 9.03. The van der Waals surface area contributed by atoms with Crippen LogP contribution in [0, 0.1) is 5.92 Å².